The maximum Gasteiger partial charge on any atom is 0.167 e. The number of nitrogens with zero attached hydrogens (tertiary/aromatic N) is 3. The van der Waals surface area contributed by atoms with Gasteiger partial charge in [0.05, 0.1) is 6.54 Å². The molecule has 0 radical (unpaired) electrons. The Morgan fingerprint density at radius 1 is 1.11 bits per heavy atom. The highest BCUT2D eigenvalue weighted by Crippen LogP contribution is 2.17. The molecule has 1 fully saturated rings. The Labute approximate surface area is 112 Å². The third-order valence-electron chi connectivity index (χ3n) is 3.45. The van der Waals surface area contributed by atoms with E-state index in [1.165, 1.54) is 5.69 Å². The van der Waals surface area contributed by atoms with E-state index in [4.69, 9.17) is 10.3 Å². The lowest BCUT2D eigenvalue weighted by Crippen LogP contribution is -2.45. The molecule has 1 saturated heterocycles. The fraction of sp³-hybridized carbons (Fsp3) is 0.357. The van der Waals surface area contributed by atoms with E-state index in [9.17, 15) is 0 Å². The number of hydrogen-bond acceptors (Lipinski definition) is 5. The maximum absolute atomic E-state index is 5.55. The molecule has 2 aromatic rings. The minimum Gasteiger partial charge on any atom is -0.381 e. The second kappa shape index (κ2) is 5.32. The predicted molar refractivity (Wildman–Crippen MR) is 74.8 cm³/mol. The number of benzene rings is 1. The van der Waals surface area contributed by atoms with Crippen molar-refractivity contribution in [1.29, 1.82) is 0 Å². The Kier molecular flexibility index (Phi) is 3.37. The van der Waals surface area contributed by atoms with E-state index < -0.39 is 0 Å². The van der Waals surface area contributed by atoms with Gasteiger partial charge in [-0.1, -0.05) is 23.4 Å². The number of nitrogen functional groups attached to an aromatic ring is 1. The van der Waals surface area contributed by atoms with Crippen molar-refractivity contribution >= 4 is 11.5 Å². The fourth-order valence-corrected chi connectivity index (χ4v) is 2.43. The van der Waals surface area contributed by atoms with Crippen LogP contribution in [0.25, 0.3) is 0 Å². The van der Waals surface area contributed by atoms with Crippen LogP contribution in [0.2, 0.25) is 0 Å². The van der Waals surface area contributed by atoms with E-state index in [0.29, 0.717) is 5.82 Å². The molecule has 1 aromatic heterocycles. The maximum atomic E-state index is 5.55. The van der Waals surface area contributed by atoms with Crippen molar-refractivity contribution in [3.05, 3.63) is 42.2 Å². The van der Waals surface area contributed by atoms with Crippen molar-refractivity contribution in [3.63, 3.8) is 0 Å². The first-order valence-corrected chi connectivity index (χ1v) is 6.55. The molecule has 2 N–H and O–H groups in total. The van der Waals surface area contributed by atoms with Gasteiger partial charge in [0.15, 0.2) is 11.6 Å². The molecule has 0 aliphatic carbocycles. The first kappa shape index (κ1) is 12.0. The second-order valence-electron chi connectivity index (χ2n) is 4.82. The van der Waals surface area contributed by atoms with Crippen LogP contribution in [0.3, 0.4) is 0 Å². The minimum atomic E-state index is 0.456. The predicted octanol–water partition coefficient (Wildman–Crippen LogP) is 1.58. The molecule has 5 nitrogen and oxygen atoms in total. The quantitative estimate of drug-likeness (QED) is 0.905. The first-order chi connectivity index (χ1) is 9.31. The third kappa shape index (κ3) is 2.88. The van der Waals surface area contributed by atoms with Gasteiger partial charge in [-0.15, -0.1) is 0 Å². The zero-order valence-electron chi connectivity index (χ0n) is 10.8. The van der Waals surface area contributed by atoms with E-state index >= 15 is 0 Å². The summed E-state index contributed by atoms with van der Waals surface area (Å²) in [4.78, 5) is 4.77. The molecule has 0 spiro atoms. The largest absolute Gasteiger partial charge is 0.381 e. The zero-order chi connectivity index (χ0) is 13.1. The molecule has 1 aliphatic heterocycles. The summed E-state index contributed by atoms with van der Waals surface area (Å²) in [6, 6.07) is 12.3. The summed E-state index contributed by atoms with van der Waals surface area (Å²) in [7, 11) is 0. The Morgan fingerprint density at radius 3 is 2.47 bits per heavy atom. The summed E-state index contributed by atoms with van der Waals surface area (Å²) < 4.78 is 5.15. The van der Waals surface area contributed by atoms with Crippen molar-refractivity contribution in [3.8, 4) is 0 Å². The highest BCUT2D eigenvalue weighted by atomic mass is 16.5. The number of rotatable bonds is 3. The molecule has 5 heteroatoms. The second-order valence-corrected chi connectivity index (χ2v) is 4.82. The molecule has 0 atom stereocenters. The number of aromatic nitrogens is 1. The number of anilines is 2. The molecule has 1 aliphatic rings. The van der Waals surface area contributed by atoms with Crippen LogP contribution in [-0.4, -0.2) is 36.2 Å². The van der Waals surface area contributed by atoms with Gasteiger partial charge in [-0.2, -0.15) is 0 Å². The third-order valence-corrected chi connectivity index (χ3v) is 3.45. The van der Waals surface area contributed by atoms with Crippen LogP contribution < -0.4 is 10.6 Å². The van der Waals surface area contributed by atoms with Crippen molar-refractivity contribution < 1.29 is 4.52 Å². The first-order valence-electron chi connectivity index (χ1n) is 6.55. The lowest BCUT2D eigenvalue weighted by Gasteiger charge is -2.35. The molecule has 19 heavy (non-hydrogen) atoms. The van der Waals surface area contributed by atoms with E-state index in [1.807, 2.05) is 6.07 Å². The van der Waals surface area contributed by atoms with Crippen LogP contribution in [0.4, 0.5) is 11.5 Å². The van der Waals surface area contributed by atoms with Crippen LogP contribution in [-0.2, 0) is 6.54 Å². The molecule has 2 heterocycles. The Balaban J connectivity index is 1.55. The van der Waals surface area contributed by atoms with Gasteiger partial charge in [-0.25, -0.2) is 0 Å². The van der Waals surface area contributed by atoms with Gasteiger partial charge in [0.2, 0.25) is 0 Å². The highest BCUT2D eigenvalue weighted by molar-refractivity contribution is 5.46. The smallest absolute Gasteiger partial charge is 0.167 e. The fourth-order valence-electron chi connectivity index (χ4n) is 2.43. The molecule has 100 valence electrons. The number of piperazine rings is 1. The van der Waals surface area contributed by atoms with Gasteiger partial charge < -0.3 is 15.2 Å². The van der Waals surface area contributed by atoms with E-state index in [0.717, 1.165) is 38.5 Å². The van der Waals surface area contributed by atoms with Gasteiger partial charge in [0.25, 0.3) is 0 Å². The summed E-state index contributed by atoms with van der Waals surface area (Å²) in [5.74, 6) is 1.29. The SMILES string of the molecule is Nc1cc(CN2CCN(c3ccccc3)CC2)on1. The van der Waals surface area contributed by atoms with Crippen molar-refractivity contribution in [1.82, 2.24) is 10.1 Å². The summed E-state index contributed by atoms with van der Waals surface area (Å²) in [6.07, 6.45) is 0. The number of nitrogens with two attached hydrogens (primary N) is 1. The molecule has 3 rings (SSSR count). The topological polar surface area (TPSA) is 58.5 Å². The summed E-state index contributed by atoms with van der Waals surface area (Å²) in [6.45, 7) is 4.90. The highest BCUT2D eigenvalue weighted by Gasteiger charge is 2.18. The summed E-state index contributed by atoms with van der Waals surface area (Å²) >= 11 is 0. The van der Waals surface area contributed by atoms with Gasteiger partial charge in [0, 0.05) is 37.9 Å². The summed E-state index contributed by atoms with van der Waals surface area (Å²) in [5, 5.41) is 3.71. The average Bonchev–Trinajstić information content (AvgIpc) is 2.86. The normalized spacial score (nSPS) is 16.7. The van der Waals surface area contributed by atoms with Gasteiger partial charge in [0.1, 0.15) is 0 Å². The van der Waals surface area contributed by atoms with Crippen LogP contribution >= 0.6 is 0 Å². The molecule has 0 unspecified atom stereocenters. The molecule has 1 aromatic carbocycles. The van der Waals surface area contributed by atoms with Gasteiger partial charge >= 0.3 is 0 Å². The van der Waals surface area contributed by atoms with Crippen LogP contribution in [0, 0.1) is 0 Å². The Bertz CT molecular complexity index is 517. The molecular formula is C14H18N4O. The van der Waals surface area contributed by atoms with Crippen molar-refractivity contribution in [2.75, 3.05) is 36.8 Å². The van der Waals surface area contributed by atoms with Crippen molar-refractivity contribution in [2.24, 2.45) is 0 Å². The summed E-state index contributed by atoms with van der Waals surface area (Å²) in [5.41, 5.74) is 6.85. The standard InChI is InChI=1S/C14H18N4O/c15-14-10-13(19-16-14)11-17-6-8-18(9-7-17)12-4-2-1-3-5-12/h1-5,10H,6-9,11H2,(H2,15,16). The number of para-hydroxylation sites is 1. The van der Waals surface area contributed by atoms with E-state index in [1.54, 1.807) is 6.07 Å². The number of hydrogen-bond donors (Lipinski definition) is 1. The molecular weight excluding hydrogens is 240 g/mol. The average molecular weight is 258 g/mol. The van der Waals surface area contributed by atoms with Crippen LogP contribution in [0.5, 0.6) is 0 Å². The minimum absolute atomic E-state index is 0.456. The Hall–Kier alpha value is -2.01. The van der Waals surface area contributed by atoms with Crippen molar-refractivity contribution in [2.45, 2.75) is 6.54 Å². The van der Waals surface area contributed by atoms with Gasteiger partial charge in [-0.05, 0) is 12.1 Å². The lowest BCUT2D eigenvalue weighted by molar-refractivity contribution is 0.220. The molecule has 0 saturated carbocycles. The van der Waals surface area contributed by atoms with E-state index in [2.05, 4.69) is 39.2 Å². The van der Waals surface area contributed by atoms with E-state index in [-0.39, 0.29) is 0 Å². The zero-order valence-corrected chi connectivity index (χ0v) is 10.8. The van der Waals surface area contributed by atoms with Crippen LogP contribution in [0.1, 0.15) is 5.76 Å². The monoisotopic (exact) mass is 258 g/mol. The Morgan fingerprint density at radius 2 is 1.84 bits per heavy atom. The molecule has 0 bridgehead atoms. The molecule has 0 amide bonds. The van der Waals surface area contributed by atoms with Crippen LogP contribution in [0.15, 0.2) is 40.9 Å². The van der Waals surface area contributed by atoms with Gasteiger partial charge in [-0.3, -0.25) is 4.90 Å². The lowest BCUT2D eigenvalue weighted by atomic mass is 10.2.